The van der Waals surface area contributed by atoms with Crippen molar-refractivity contribution >= 4 is 21.5 Å². The van der Waals surface area contributed by atoms with Gasteiger partial charge in [0.05, 0.1) is 11.9 Å². The second-order valence-corrected chi connectivity index (χ2v) is 6.84. The summed E-state index contributed by atoms with van der Waals surface area (Å²) < 4.78 is 28.4. The molecule has 1 aliphatic heterocycles. The molecule has 0 aliphatic carbocycles. The summed E-state index contributed by atoms with van der Waals surface area (Å²) in [6, 6.07) is 7.13. The molecular weight excluding hydrogens is 320 g/mol. The van der Waals surface area contributed by atoms with Gasteiger partial charge in [0.15, 0.2) is 12.5 Å². The maximum Gasteiger partial charge on any atom is 0.285 e. The number of anilines is 2. The van der Waals surface area contributed by atoms with Gasteiger partial charge in [0.25, 0.3) is 15.6 Å². The van der Waals surface area contributed by atoms with Gasteiger partial charge < -0.3 is 0 Å². The first-order valence-electron chi connectivity index (χ1n) is 7.02. The van der Waals surface area contributed by atoms with Crippen LogP contribution in [0.15, 0.2) is 40.3 Å². The third kappa shape index (κ3) is 2.57. The fourth-order valence-electron chi connectivity index (χ4n) is 2.36. The van der Waals surface area contributed by atoms with Gasteiger partial charge >= 0.3 is 0 Å². The molecule has 1 aliphatic rings. The Morgan fingerprint density at radius 3 is 2.70 bits per heavy atom. The fourth-order valence-corrected chi connectivity index (χ4v) is 3.89. The van der Waals surface area contributed by atoms with E-state index in [4.69, 9.17) is 4.84 Å². The molecule has 0 radical (unpaired) electrons. The molecule has 0 saturated heterocycles. The van der Waals surface area contributed by atoms with Crippen molar-refractivity contribution in [3.63, 3.8) is 0 Å². The van der Waals surface area contributed by atoms with Crippen molar-refractivity contribution in [2.24, 2.45) is 0 Å². The molecule has 0 bridgehead atoms. The number of sulfonamides is 1. The Hall–Kier alpha value is -2.39. The van der Waals surface area contributed by atoms with E-state index in [-0.39, 0.29) is 24.1 Å². The number of aryl methyl sites for hydroxylation is 1. The Labute approximate surface area is 133 Å². The van der Waals surface area contributed by atoms with E-state index in [9.17, 15) is 13.2 Å². The van der Waals surface area contributed by atoms with E-state index in [2.05, 4.69) is 10.5 Å². The summed E-state index contributed by atoms with van der Waals surface area (Å²) in [5.74, 6) is 0.0445. The topological polar surface area (TPSA) is 93.5 Å². The molecule has 9 heteroatoms. The fraction of sp³-hybridized carbons (Fsp3) is 0.286. The number of aromatic nitrogens is 2. The smallest absolute Gasteiger partial charge is 0.267 e. The number of nitrogens with zero attached hydrogens (tertiary/aromatic N) is 3. The maximum absolute atomic E-state index is 13.0. The van der Waals surface area contributed by atoms with Crippen molar-refractivity contribution in [1.82, 2.24) is 9.55 Å². The van der Waals surface area contributed by atoms with Gasteiger partial charge in [-0.05, 0) is 26.0 Å². The predicted molar refractivity (Wildman–Crippen MR) is 84.6 cm³/mol. The molecule has 1 aromatic heterocycles. The van der Waals surface area contributed by atoms with Crippen molar-refractivity contribution < 1.29 is 13.3 Å². The molecule has 1 N–H and O–H groups in total. The second-order valence-electron chi connectivity index (χ2n) is 5.06. The van der Waals surface area contributed by atoms with Crippen molar-refractivity contribution in [2.75, 3.05) is 16.3 Å². The van der Waals surface area contributed by atoms with Crippen molar-refractivity contribution in [3.05, 3.63) is 46.4 Å². The van der Waals surface area contributed by atoms with Gasteiger partial charge in [-0.3, -0.25) is 18.5 Å². The van der Waals surface area contributed by atoms with Crippen LogP contribution >= 0.6 is 0 Å². The monoisotopic (exact) mass is 336 g/mol. The number of rotatable bonds is 4. The molecule has 0 atom stereocenters. The standard InChI is InChI=1S/C14H16N4O4S/c1-3-18(11-6-4-10(2)5-7-11)23(20,21)14-13-16-22-9-17(13)12(19)8-15-14/h4-8,16H,3,9H2,1-2H3. The van der Waals surface area contributed by atoms with E-state index in [1.807, 2.05) is 19.1 Å². The highest BCUT2D eigenvalue weighted by Gasteiger charge is 2.32. The minimum absolute atomic E-state index is 0.0445. The minimum atomic E-state index is -3.94. The van der Waals surface area contributed by atoms with Crippen LogP contribution in [0.3, 0.4) is 0 Å². The first kappa shape index (κ1) is 15.5. The average Bonchev–Trinajstić information content (AvgIpc) is 3.00. The van der Waals surface area contributed by atoms with E-state index < -0.39 is 15.6 Å². The molecule has 0 saturated carbocycles. The van der Waals surface area contributed by atoms with Gasteiger partial charge in [0.2, 0.25) is 5.03 Å². The summed E-state index contributed by atoms with van der Waals surface area (Å²) in [6.07, 6.45) is 0.982. The van der Waals surface area contributed by atoms with Crippen molar-refractivity contribution in [2.45, 2.75) is 25.6 Å². The summed E-state index contributed by atoms with van der Waals surface area (Å²) in [5.41, 5.74) is 3.58. The van der Waals surface area contributed by atoms with Crippen LogP contribution in [0, 0.1) is 6.92 Å². The molecule has 122 valence electrons. The highest BCUT2D eigenvalue weighted by molar-refractivity contribution is 7.92. The summed E-state index contributed by atoms with van der Waals surface area (Å²) in [7, 11) is -3.94. The molecule has 8 nitrogen and oxygen atoms in total. The van der Waals surface area contributed by atoms with Gasteiger partial charge in [-0.15, -0.1) is 0 Å². The first-order chi connectivity index (χ1) is 10.9. The van der Waals surface area contributed by atoms with Crippen LogP contribution in [0.5, 0.6) is 0 Å². The van der Waals surface area contributed by atoms with Gasteiger partial charge in [-0.1, -0.05) is 17.7 Å². The Bertz CT molecular complexity index is 890. The van der Waals surface area contributed by atoms with Crippen LogP contribution in [0.4, 0.5) is 11.5 Å². The van der Waals surface area contributed by atoms with Crippen molar-refractivity contribution in [3.8, 4) is 0 Å². The minimum Gasteiger partial charge on any atom is -0.267 e. The second kappa shape index (κ2) is 5.67. The molecule has 2 heterocycles. The van der Waals surface area contributed by atoms with E-state index in [0.29, 0.717) is 5.69 Å². The molecule has 3 rings (SSSR count). The molecule has 0 amide bonds. The van der Waals surface area contributed by atoms with Crippen LogP contribution in [0.25, 0.3) is 0 Å². The number of hydrogen-bond donors (Lipinski definition) is 1. The summed E-state index contributed by atoms with van der Waals surface area (Å²) in [5, 5.41) is -0.239. The number of hydrogen-bond acceptors (Lipinski definition) is 6. The van der Waals surface area contributed by atoms with E-state index >= 15 is 0 Å². The Kier molecular flexibility index (Phi) is 3.82. The Morgan fingerprint density at radius 2 is 2.04 bits per heavy atom. The Balaban J connectivity index is 2.12. The zero-order valence-electron chi connectivity index (χ0n) is 12.7. The summed E-state index contributed by atoms with van der Waals surface area (Å²) in [6.45, 7) is 3.83. The number of benzene rings is 1. The molecule has 0 fully saturated rings. The van der Waals surface area contributed by atoms with Gasteiger partial charge in [-0.2, -0.15) is 8.42 Å². The van der Waals surface area contributed by atoms with Crippen molar-refractivity contribution in [1.29, 1.82) is 0 Å². The van der Waals surface area contributed by atoms with E-state index in [1.165, 1.54) is 8.87 Å². The van der Waals surface area contributed by atoms with E-state index in [0.717, 1.165) is 11.8 Å². The first-order valence-corrected chi connectivity index (χ1v) is 8.46. The summed E-state index contributed by atoms with van der Waals surface area (Å²) >= 11 is 0. The lowest BCUT2D eigenvalue weighted by Gasteiger charge is -2.23. The lowest BCUT2D eigenvalue weighted by Crippen LogP contribution is -2.33. The molecule has 2 aromatic rings. The zero-order chi connectivity index (χ0) is 16.6. The third-order valence-electron chi connectivity index (χ3n) is 3.54. The Morgan fingerprint density at radius 1 is 1.35 bits per heavy atom. The highest BCUT2D eigenvalue weighted by atomic mass is 32.2. The molecule has 23 heavy (non-hydrogen) atoms. The van der Waals surface area contributed by atoms with Gasteiger partial charge in [-0.25, -0.2) is 10.5 Å². The zero-order valence-corrected chi connectivity index (χ0v) is 13.5. The lowest BCUT2D eigenvalue weighted by molar-refractivity contribution is 0.163. The third-order valence-corrected chi connectivity index (χ3v) is 5.37. The quantitative estimate of drug-likeness (QED) is 0.898. The van der Waals surface area contributed by atoms with Gasteiger partial charge in [0, 0.05) is 6.54 Å². The maximum atomic E-state index is 13.0. The molecule has 0 unspecified atom stereocenters. The summed E-state index contributed by atoms with van der Waals surface area (Å²) in [4.78, 5) is 20.5. The van der Waals surface area contributed by atoms with E-state index in [1.54, 1.807) is 19.1 Å². The predicted octanol–water partition coefficient (Wildman–Crippen LogP) is 1.08. The van der Waals surface area contributed by atoms with Crippen LogP contribution in [0.1, 0.15) is 12.5 Å². The normalized spacial score (nSPS) is 13.5. The largest absolute Gasteiger partial charge is 0.285 e. The number of nitrogens with one attached hydrogen (secondary N) is 1. The molecule has 0 spiro atoms. The van der Waals surface area contributed by atoms with Crippen LogP contribution in [0.2, 0.25) is 0 Å². The molecule has 1 aromatic carbocycles. The molecular formula is C14H16N4O4S. The average molecular weight is 336 g/mol. The lowest BCUT2D eigenvalue weighted by atomic mass is 10.2. The number of fused-ring (bicyclic) bond motifs is 1. The van der Waals surface area contributed by atoms with Crippen LogP contribution in [-0.2, 0) is 21.6 Å². The highest BCUT2D eigenvalue weighted by Crippen LogP contribution is 2.28. The SMILES string of the molecule is CCN(c1ccc(C)cc1)S(=O)(=O)c1ncc(=O)n2c1NOC2. The van der Waals surface area contributed by atoms with Gasteiger partial charge in [0.1, 0.15) is 0 Å². The van der Waals surface area contributed by atoms with Crippen LogP contribution in [-0.4, -0.2) is 24.5 Å². The van der Waals surface area contributed by atoms with Crippen LogP contribution < -0.4 is 15.3 Å².